The van der Waals surface area contributed by atoms with Crippen LogP contribution in [0.25, 0.3) is 0 Å². The quantitative estimate of drug-likeness (QED) is 0.854. The highest BCUT2D eigenvalue weighted by Gasteiger charge is 2.17. The molecule has 94 valence electrons. The van der Waals surface area contributed by atoms with E-state index in [1.165, 1.54) is 12.1 Å². The van der Waals surface area contributed by atoms with Gasteiger partial charge in [0.1, 0.15) is 11.9 Å². The molecule has 1 aromatic carbocycles. The summed E-state index contributed by atoms with van der Waals surface area (Å²) in [6.07, 6.45) is 0. The number of benzene rings is 1. The molecule has 0 heterocycles. The lowest BCUT2D eigenvalue weighted by molar-refractivity contribution is -0.131. The van der Waals surface area contributed by atoms with Gasteiger partial charge in [-0.25, -0.2) is 4.39 Å². The zero-order valence-corrected chi connectivity index (χ0v) is 10.5. The highest BCUT2D eigenvalue weighted by molar-refractivity contribution is 5.84. The highest BCUT2D eigenvalue weighted by atomic mass is 19.1. The Balaban J connectivity index is 2.65. The molecule has 1 aromatic rings. The molecule has 0 fully saturated rings. The predicted molar refractivity (Wildman–Crippen MR) is 67.4 cm³/mol. The third-order valence-electron chi connectivity index (χ3n) is 2.65. The van der Waals surface area contributed by atoms with Gasteiger partial charge in [-0.1, -0.05) is 6.07 Å². The minimum atomic E-state index is -0.350. The molecular formula is C13H19FN2O. The van der Waals surface area contributed by atoms with E-state index in [2.05, 4.69) is 5.32 Å². The van der Waals surface area contributed by atoms with Gasteiger partial charge < -0.3 is 10.2 Å². The van der Waals surface area contributed by atoms with Gasteiger partial charge in [0, 0.05) is 18.8 Å². The van der Waals surface area contributed by atoms with E-state index in [0.29, 0.717) is 18.8 Å². The fraction of sp³-hybridized carbons (Fsp3) is 0.462. The van der Waals surface area contributed by atoms with Gasteiger partial charge in [-0.15, -0.1) is 0 Å². The van der Waals surface area contributed by atoms with Crippen molar-refractivity contribution in [2.45, 2.75) is 26.8 Å². The molecule has 3 nitrogen and oxygen atoms in total. The van der Waals surface area contributed by atoms with Crippen molar-refractivity contribution in [2.75, 3.05) is 18.4 Å². The molecule has 0 aliphatic rings. The maximum absolute atomic E-state index is 13.0. The number of nitrogens with one attached hydrogen (secondary N) is 1. The van der Waals surface area contributed by atoms with Crippen molar-refractivity contribution >= 4 is 11.6 Å². The Kier molecular flexibility index (Phi) is 4.94. The predicted octanol–water partition coefficient (Wildman–Crippen LogP) is 2.49. The first-order valence-corrected chi connectivity index (χ1v) is 5.89. The zero-order chi connectivity index (χ0) is 12.8. The van der Waals surface area contributed by atoms with Crippen LogP contribution < -0.4 is 5.32 Å². The second-order valence-corrected chi connectivity index (χ2v) is 3.89. The number of amides is 1. The minimum Gasteiger partial charge on any atom is -0.374 e. The van der Waals surface area contributed by atoms with Gasteiger partial charge in [0.05, 0.1) is 0 Å². The largest absolute Gasteiger partial charge is 0.374 e. The number of carbonyl (C=O) groups is 1. The van der Waals surface area contributed by atoms with E-state index in [1.807, 2.05) is 13.8 Å². The molecule has 0 spiro atoms. The third-order valence-corrected chi connectivity index (χ3v) is 2.65. The Morgan fingerprint density at radius 1 is 1.41 bits per heavy atom. The number of likely N-dealkylation sites (N-methyl/N-ethyl adjacent to an activating group) is 1. The lowest BCUT2D eigenvalue weighted by Gasteiger charge is -2.24. The van der Waals surface area contributed by atoms with Crippen LogP contribution in [0.1, 0.15) is 20.8 Å². The summed E-state index contributed by atoms with van der Waals surface area (Å²) >= 11 is 0. The Morgan fingerprint density at radius 3 is 2.59 bits per heavy atom. The fourth-order valence-electron chi connectivity index (χ4n) is 1.70. The molecule has 0 bridgehead atoms. The first-order chi connectivity index (χ1) is 8.08. The number of carbonyl (C=O) groups excluding carboxylic acids is 1. The van der Waals surface area contributed by atoms with Crippen molar-refractivity contribution in [2.24, 2.45) is 0 Å². The molecule has 0 aliphatic carbocycles. The summed E-state index contributed by atoms with van der Waals surface area (Å²) in [7, 11) is 0. The molecule has 1 rings (SSSR count). The van der Waals surface area contributed by atoms with Gasteiger partial charge in [0.25, 0.3) is 0 Å². The Hall–Kier alpha value is -1.58. The maximum Gasteiger partial charge on any atom is 0.244 e. The molecule has 0 radical (unpaired) electrons. The number of hydrogen-bond acceptors (Lipinski definition) is 2. The number of nitrogens with zero attached hydrogens (tertiary/aromatic N) is 1. The van der Waals surface area contributed by atoms with E-state index in [-0.39, 0.29) is 17.8 Å². The molecular weight excluding hydrogens is 219 g/mol. The van der Waals surface area contributed by atoms with Crippen molar-refractivity contribution in [1.82, 2.24) is 4.90 Å². The molecule has 1 N–H and O–H groups in total. The number of rotatable bonds is 5. The van der Waals surface area contributed by atoms with Gasteiger partial charge in [0.2, 0.25) is 5.91 Å². The summed E-state index contributed by atoms with van der Waals surface area (Å²) < 4.78 is 13.0. The average molecular weight is 238 g/mol. The topological polar surface area (TPSA) is 32.3 Å². The monoisotopic (exact) mass is 238 g/mol. The van der Waals surface area contributed by atoms with Crippen LogP contribution in [0.3, 0.4) is 0 Å². The van der Waals surface area contributed by atoms with Gasteiger partial charge in [-0.05, 0) is 39.0 Å². The van der Waals surface area contributed by atoms with E-state index in [1.54, 1.807) is 24.0 Å². The van der Waals surface area contributed by atoms with E-state index in [9.17, 15) is 9.18 Å². The van der Waals surface area contributed by atoms with Crippen LogP contribution in [0, 0.1) is 5.82 Å². The number of halogens is 1. The van der Waals surface area contributed by atoms with Crippen LogP contribution in [-0.4, -0.2) is 29.9 Å². The van der Waals surface area contributed by atoms with Crippen LogP contribution in [0.15, 0.2) is 24.3 Å². The minimum absolute atomic E-state index is 0.0271. The van der Waals surface area contributed by atoms with Crippen molar-refractivity contribution in [3.63, 3.8) is 0 Å². The summed E-state index contributed by atoms with van der Waals surface area (Å²) in [5.74, 6) is -0.281. The lowest BCUT2D eigenvalue weighted by Crippen LogP contribution is -2.41. The summed E-state index contributed by atoms with van der Waals surface area (Å²) in [5.41, 5.74) is 0.623. The molecule has 1 unspecified atom stereocenters. The summed E-state index contributed by atoms with van der Waals surface area (Å²) in [6.45, 7) is 7.03. The maximum atomic E-state index is 13.0. The van der Waals surface area contributed by atoms with E-state index >= 15 is 0 Å². The molecule has 1 atom stereocenters. The van der Waals surface area contributed by atoms with Crippen LogP contribution in [0.2, 0.25) is 0 Å². The van der Waals surface area contributed by atoms with Crippen LogP contribution in [-0.2, 0) is 4.79 Å². The second-order valence-electron chi connectivity index (χ2n) is 3.89. The first kappa shape index (κ1) is 13.5. The van der Waals surface area contributed by atoms with Crippen LogP contribution in [0.4, 0.5) is 10.1 Å². The Labute approximate surface area is 102 Å². The molecule has 0 saturated heterocycles. The van der Waals surface area contributed by atoms with Crippen molar-refractivity contribution in [3.05, 3.63) is 30.1 Å². The smallest absolute Gasteiger partial charge is 0.244 e. The summed E-state index contributed by atoms with van der Waals surface area (Å²) in [6, 6.07) is 5.77. The molecule has 4 heteroatoms. The average Bonchev–Trinajstić information content (AvgIpc) is 2.30. The SMILES string of the molecule is CCN(CC)C(=O)C(C)Nc1cccc(F)c1. The standard InChI is InChI=1S/C13H19FN2O/c1-4-16(5-2)13(17)10(3)15-12-8-6-7-11(14)9-12/h6-10,15H,4-5H2,1-3H3. The van der Waals surface area contributed by atoms with Crippen molar-refractivity contribution in [3.8, 4) is 0 Å². The molecule has 17 heavy (non-hydrogen) atoms. The van der Waals surface area contributed by atoms with Crippen LogP contribution >= 0.6 is 0 Å². The third kappa shape index (κ3) is 3.73. The van der Waals surface area contributed by atoms with E-state index < -0.39 is 0 Å². The van der Waals surface area contributed by atoms with Gasteiger partial charge in [-0.3, -0.25) is 4.79 Å². The molecule has 1 amide bonds. The Bertz CT molecular complexity index is 377. The van der Waals surface area contributed by atoms with Gasteiger partial charge >= 0.3 is 0 Å². The van der Waals surface area contributed by atoms with Gasteiger partial charge in [0.15, 0.2) is 0 Å². The second kappa shape index (κ2) is 6.23. The zero-order valence-electron chi connectivity index (χ0n) is 10.5. The van der Waals surface area contributed by atoms with Crippen molar-refractivity contribution in [1.29, 1.82) is 0 Å². The van der Waals surface area contributed by atoms with Gasteiger partial charge in [-0.2, -0.15) is 0 Å². The molecule has 0 saturated carbocycles. The number of hydrogen-bond donors (Lipinski definition) is 1. The Morgan fingerprint density at radius 2 is 2.06 bits per heavy atom. The summed E-state index contributed by atoms with van der Waals surface area (Å²) in [5, 5.41) is 3.00. The lowest BCUT2D eigenvalue weighted by atomic mass is 10.2. The normalized spacial score (nSPS) is 12.0. The molecule has 0 aromatic heterocycles. The first-order valence-electron chi connectivity index (χ1n) is 5.89. The van der Waals surface area contributed by atoms with Crippen LogP contribution in [0.5, 0.6) is 0 Å². The van der Waals surface area contributed by atoms with E-state index in [4.69, 9.17) is 0 Å². The molecule has 0 aliphatic heterocycles. The fourth-order valence-corrected chi connectivity index (χ4v) is 1.70. The highest BCUT2D eigenvalue weighted by Crippen LogP contribution is 2.11. The van der Waals surface area contributed by atoms with E-state index in [0.717, 1.165) is 0 Å². The number of anilines is 1. The summed E-state index contributed by atoms with van der Waals surface area (Å²) in [4.78, 5) is 13.7. The van der Waals surface area contributed by atoms with Crippen molar-refractivity contribution < 1.29 is 9.18 Å².